The lowest BCUT2D eigenvalue weighted by Gasteiger charge is -2.09. The molecule has 0 spiro atoms. The second-order valence-corrected chi connectivity index (χ2v) is 6.01. The average Bonchev–Trinajstić information content (AvgIpc) is 2.90. The van der Waals surface area contributed by atoms with Crippen LogP contribution in [0.1, 0.15) is 12.5 Å². The van der Waals surface area contributed by atoms with Crippen LogP contribution in [0.4, 0.5) is 5.82 Å². The largest absolute Gasteiger partial charge is 0.392 e. The van der Waals surface area contributed by atoms with Crippen LogP contribution in [-0.2, 0) is 0 Å². The van der Waals surface area contributed by atoms with Gasteiger partial charge in [0.25, 0.3) is 0 Å². The second-order valence-electron chi connectivity index (χ2n) is 5.15. The highest BCUT2D eigenvalue weighted by molar-refractivity contribution is 7.17. The normalized spacial score (nSPS) is 12.5. The summed E-state index contributed by atoms with van der Waals surface area (Å²) in [6.07, 6.45) is 1.14. The summed E-state index contributed by atoms with van der Waals surface area (Å²) in [4.78, 5) is 9.62. The maximum absolute atomic E-state index is 9.45. The summed E-state index contributed by atoms with van der Waals surface area (Å²) < 4.78 is 0. The molecule has 0 saturated carbocycles. The summed E-state index contributed by atoms with van der Waals surface area (Å²) in [6.45, 7) is 4.30. The minimum atomic E-state index is -0.420. The maximum Gasteiger partial charge on any atom is 0.138 e. The fourth-order valence-electron chi connectivity index (χ4n) is 2.20. The zero-order valence-electron chi connectivity index (χ0n) is 12.0. The van der Waals surface area contributed by atoms with Crippen molar-refractivity contribution in [3.05, 3.63) is 41.5 Å². The molecule has 1 aromatic carbocycles. The fourth-order valence-corrected chi connectivity index (χ4v) is 3.12. The lowest BCUT2D eigenvalue weighted by atomic mass is 10.0. The monoisotopic (exact) mass is 299 g/mol. The van der Waals surface area contributed by atoms with Crippen LogP contribution in [0.3, 0.4) is 0 Å². The number of aliphatic hydroxyl groups is 1. The van der Waals surface area contributed by atoms with E-state index in [-0.39, 0.29) is 0 Å². The van der Waals surface area contributed by atoms with Crippen molar-refractivity contribution in [3.8, 4) is 11.1 Å². The van der Waals surface area contributed by atoms with Crippen molar-refractivity contribution in [1.82, 2.24) is 9.97 Å². The number of hydrogen-bond acceptors (Lipinski definition) is 5. The summed E-state index contributed by atoms with van der Waals surface area (Å²) in [5.74, 6) is 0.776. The molecule has 21 heavy (non-hydrogen) atoms. The highest BCUT2D eigenvalue weighted by atomic mass is 32.1. The van der Waals surface area contributed by atoms with Gasteiger partial charge in [-0.3, -0.25) is 0 Å². The molecule has 0 saturated heterocycles. The summed E-state index contributed by atoms with van der Waals surface area (Å²) in [5.41, 5.74) is 3.52. The van der Waals surface area contributed by atoms with Crippen molar-refractivity contribution in [2.45, 2.75) is 20.0 Å². The molecule has 0 fully saturated rings. The molecule has 3 rings (SSSR count). The minimum absolute atomic E-state index is 0.420. The zero-order valence-corrected chi connectivity index (χ0v) is 12.8. The van der Waals surface area contributed by atoms with Crippen LogP contribution in [-0.4, -0.2) is 27.7 Å². The van der Waals surface area contributed by atoms with E-state index in [4.69, 9.17) is 0 Å². The van der Waals surface area contributed by atoms with Crippen LogP contribution in [0.5, 0.6) is 0 Å². The molecule has 4 nitrogen and oxygen atoms in total. The smallest absolute Gasteiger partial charge is 0.138 e. The SMILES string of the molecule is Cc1ccc(-c2csc3ncnc(NC[C@@H](C)O)c23)cc1. The Morgan fingerprint density at radius 2 is 2.00 bits per heavy atom. The van der Waals surface area contributed by atoms with E-state index in [2.05, 4.69) is 51.9 Å². The number of aromatic nitrogens is 2. The van der Waals surface area contributed by atoms with Crippen molar-refractivity contribution in [3.63, 3.8) is 0 Å². The first-order chi connectivity index (χ1) is 10.1. The third kappa shape index (κ3) is 2.89. The van der Waals surface area contributed by atoms with E-state index in [0.717, 1.165) is 27.2 Å². The van der Waals surface area contributed by atoms with E-state index < -0.39 is 6.10 Å². The molecule has 5 heteroatoms. The molecular formula is C16H17N3OS. The number of nitrogens with zero attached hydrogens (tertiary/aromatic N) is 2. The van der Waals surface area contributed by atoms with Crippen molar-refractivity contribution in [1.29, 1.82) is 0 Å². The van der Waals surface area contributed by atoms with E-state index in [1.165, 1.54) is 5.56 Å². The Kier molecular flexibility index (Phi) is 3.86. The number of anilines is 1. The summed E-state index contributed by atoms with van der Waals surface area (Å²) in [6, 6.07) is 8.43. The summed E-state index contributed by atoms with van der Waals surface area (Å²) in [7, 11) is 0. The molecule has 0 unspecified atom stereocenters. The number of thiophene rings is 1. The van der Waals surface area contributed by atoms with Gasteiger partial charge in [-0.1, -0.05) is 29.8 Å². The van der Waals surface area contributed by atoms with Gasteiger partial charge in [0.2, 0.25) is 0 Å². The second kappa shape index (κ2) is 5.79. The number of rotatable bonds is 4. The Bertz CT molecular complexity index is 750. The summed E-state index contributed by atoms with van der Waals surface area (Å²) >= 11 is 1.61. The van der Waals surface area contributed by atoms with E-state index >= 15 is 0 Å². The van der Waals surface area contributed by atoms with Crippen LogP contribution >= 0.6 is 11.3 Å². The topological polar surface area (TPSA) is 58.0 Å². The number of aryl methyl sites for hydroxylation is 1. The molecule has 3 aromatic rings. The zero-order chi connectivity index (χ0) is 14.8. The molecule has 1 atom stereocenters. The van der Waals surface area contributed by atoms with Crippen LogP contribution in [0.2, 0.25) is 0 Å². The lowest BCUT2D eigenvalue weighted by molar-refractivity contribution is 0.208. The first-order valence-corrected chi connectivity index (χ1v) is 7.74. The number of nitrogens with one attached hydrogen (secondary N) is 1. The Balaban J connectivity index is 2.08. The minimum Gasteiger partial charge on any atom is -0.392 e. The predicted molar refractivity (Wildman–Crippen MR) is 87.8 cm³/mol. The molecule has 0 amide bonds. The van der Waals surface area contributed by atoms with Gasteiger partial charge in [-0.25, -0.2) is 9.97 Å². The van der Waals surface area contributed by atoms with Gasteiger partial charge in [-0.05, 0) is 19.4 Å². The molecule has 2 heterocycles. The quantitative estimate of drug-likeness (QED) is 0.774. The van der Waals surface area contributed by atoms with E-state index in [1.807, 2.05) is 0 Å². The third-order valence-corrected chi connectivity index (χ3v) is 4.18. The fraction of sp³-hybridized carbons (Fsp3) is 0.250. The van der Waals surface area contributed by atoms with Gasteiger partial charge in [0.05, 0.1) is 11.5 Å². The van der Waals surface area contributed by atoms with E-state index in [1.54, 1.807) is 24.6 Å². The molecule has 108 valence electrons. The van der Waals surface area contributed by atoms with Gasteiger partial charge >= 0.3 is 0 Å². The van der Waals surface area contributed by atoms with Gasteiger partial charge in [0, 0.05) is 17.5 Å². The highest BCUT2D eigenvalue weighted by Gasteiger charge is 2.13. The lowest BCUT2D eigenvalue weighted by Crippen LogP contribution is -2.16. The molecule has 0 aliphatic carbocycles. The number of hydrogen-bond donors (Lipinski definition) is 2. The van der Waals surface area contributed by atoms with Gasteiger partial charge in [-0.15, -0.1) is 11.3 Å². The molecule has 0 radical (unpaired) electrons. The van der Waals surface area contributed by atoms with Crippen LogP contribution in [0, 0.1) is 6.92 Å². The van der Waals surface area contributed by atoms with Crippen molar-refractivity contribution >= 4 is 27.4 Å². The standard InChI is InChI=1S/C16H17N3OS/c1-10-3-5-12(6-4-10)13-8-21-16-14(13)15(18-9-19-16)17-7-11(2)20/h3-6,8-9,11,20H,7H2,1-2H3,(H,17,18,19)/t11-/m1/s1. The molecule has 0 bridgehead atoms. The number of aliphatic hydroxyl groups excluding tert-OH is 1. The van der Waals surface area contributed by atoms with Gasteiger partial charge in [0.1, 0.15) is 17.0 Å². The maximum atomic E-state index is 9.45. The Labute approximate surface area is 127 Å². The summed E-state index contributed by atoms with van der Waals surface area (Å²) in [5, 5.41) is 15.8. The molecule has 0 aliphatic rings. The van der Waals surface area contributed by atoms with Gasteiger partial charge in [0.15, 0.2) is 0 Å². The molecule has 0 aliphatic heterocycles. The van der Waals surface area contributed by atoms with Gasteiger partial charge in [-0.2, -0.15) is 0 Å². The van der Waals surface area contributed by atoms with Crippen molar-refractivity contribution in [2.75, 3.05) is 11.9 Å². The predicted octanol–water partition coefficient (Wildman–Crippen LogP) is 3.46. The number of benzene rings is 1. The van der Waals surface area contributed by atoms with Gasteiger partial charge < -0.3 is 10.4 Å². The molecular weight excluding hydrogens is 282 g/mol. The van der Waals surface area contributed by atoms with E-state index in [0.29, 0.717) is 6.54 Å². The first kappa shape index (κ1) is 14.0. The van der Waals surface area contributed by atoms with Crippen molar-refractivity contribution in [2.24, 2.45) is 0 Å². The molecule has 2 aromatic heterocycles. The first-order valence-electron chi connectivity index (χ1n) is 6.86. The van der Waals surface area contributed by atoms with Crippen molar-refractivity contribution < 1.29 is 5.11 Å². The Hall–Kier alpha value is -1.98. The Morgan fingerprint density at radius 1 is 1.24 bits per heavy atom. The van der Waals surface area contributed by atoms with Crippen LogP contribution in [0.25, 0.3) is 21.3 Å². The third-order valence-electron chi connectivity index (χ3n) is 3.30. The van der Waals surface area contributed by atoms with Crippen LogP contribution in [0.15, 0.2) is 36.0 Å². The highest BCUT2D eigenvalue weighted by Crippen LogP contribution is 2.36. The average molecular weight is 299 g/mol. The van der Waals surface area contributed by atoms with E-state index in [9.17, 15) is 5.11 Å². The Morgan fingerprint density at radius 3 is 2.71 bits per heavy atom. The van der Waals surface area contributed by atoms with Crippen LogP contribution < -0.4 is 5.32 Å². The molecule has 2 N–H and O–H groups in total. The number of fused-ring (bicyclic) bond motifs is 1.